The van der Waals surface area contributed by atoms with Crippen LogP contribution in [-0.4, -0.2) is 31.2 Å². The van der Waals surface area contributed by atoms with Crippen LogP contribution < -0.4 is 10.2 Å². The molecule has 0 amide bonds. The summed E-state index contributed by atoms with van der Waals surface area (Å²) in [6.07, 6.45) is -3.72. The molecule has 2 heterocycles. The normalized spacial score (nSPS) is 16.8. The predicted octanol–water partition coefficient (Wildman–Crippen LogP) is 2.17. The highest BCUT2D eigenvalue weighted by molar-refractivity contribution is 5.92. The lowest BCUT2D eigenvalue weighted by Crippen LogP contribution is -2.84. The van der Waals surface area contributed by atoms with Crippen molar-refractivity contribution in [1.29, 1.82) is 0 Å². The van der Waals surface area contributed by atoms with Crippen LogP contribution >= 0.6 is 0 Å². The molecule has 2 aromatic rings. The minimum Gasteiger partial charge on any atom is -0.365 e. The molecule has 0 radical (unpaired) electrons. The first kappa shape index (κ1) is 15.0. The highest BCUT2D eigenvalue weighted by atomic mass is 19.4. The van der Waals surface area contributed by atoms with Gasteiger partial charge >= 0.3 is 6.18 Å². The van der Waals surface area contributed by atoms with Gasteiger partial charge in [0.2, 0.25) is 0 Å². The van der Waals surface area contributed by atoms with E-state index >= 15 is 0 Å². The molecule has 2 N–H and O–H groups in total. The maximum Gasteiger partial charge on any atom is 0.433 e. The van der Waals surface area contributed by atoms with Gasteiger partial charge < -0.3 is 10.2 Å². The van der Waals surface area contributed by atoms with Crippen molar-refractivity contribution in [2.45, 2.75) is 12.6 Å². The Bertz CT molecular complexity index is 676. The number of fused-ring (bicyclic) bond motifs is 1. The Hall–Kier alpha value is -1.89. The Morgan fingerprint density at radius 3 is 2.73 bits per heavy atom. The van der Waals surface area contributed by atoms with E-state index in [-0.39, 0.29) is 5.52 Å². The standard InChI is InChI=1S/C15H15F4N3/c16-11-4-1-3-10-12(22-7-2-5-20-6-8-22)9-13(15(17,18)19)21-14(10)11/h1,3-4,9,20H,2,5-8H2/p+1. The zero-order chi connectivity index (χ0) is 15.7. The van der Waals surface area contributed by atoms with E-state index in [4.69, 9.17) is 0 Å². The number of hydrogen-bond acceptors (Lipinski definition) is 2. The van der Waals surface area contributed by atoms with E-state index in [0.717, 1.165) is 31.6 Å². The number of halogens is 4. The molecule has 1 saturated heterocycles. The number of rotatable bonds is 1. The van der Waals surface area contributed by atoms with Gasteiger partial charge in [0.05, 0.1) is 19.6 Å². The van der Waals surface area contributed by atoms with E-state index in [1.807, 2.05) is 4.90 Å². The van der Waals surface area contributed by atoms with E-state index in [0.29, 0.717) is 24.2 Å². The monoisotopic (exact) mass is 314 g/mol. The molecule has 7 heteroatoms. The maximum atomic E-state index is 13.9. The summed E-state index contributed by atoms with van der Waals surface area (Å²) < 4.78 is 53.1. The Kier molecular flexibility index (Phi) is 3.90. The Morgan fingerprint density at radius 1 is 1.14 bits per heavy atom. The fourth-order valence-corrected chi connectivity index (χ4v) is 2.77. The van der Waals surface area contributed by atoms with Gasteiger partial charge in [-0.2, -0.15) is 13.2 Å². The van der Waals surface area contributed by atoms with E-state index in [1.165, 1.54) is 6.07 Å². The molecule has 1 aliphatic heterocycles. The van der Waals surface area contributed by atoms with Crippen molar-refractivity contribution in [3.63, 3.8) is 0 Å². The SMILES string of the molecule is Fc1cccc2c(N3CCC[NH2+]CC3)cc(C(F)(F)F)nc12. The first-order chi connectivity index (χ1) is 10.5. The second-order valence-corrected chi connectivity index (χ2v) is 5.37. The van der Waals surface area contributed by atoms with Crippen molar-refractivity contribution in [3.05, 3.63) is 35.8 Å². The van der Waals surface area contributed by atoms with Gasteiger partial charge in [0.15, 0.2) is 0 Å². The lowest BCUT2D eigenvalue weighted by molar-refractivity contribution is -0.650. The van der Waals surface area contributed by atoms with E-state index in [1.54, 1.807) is 6.07 Å². The van der Waals surface area contributed by atoms with Crippen LogP contribution in [0.4, 0.5) is 23.2 Å². The third-order valence-corrected chi connectivity index (χ3v) is 3.84. The maximum absolute atomic E-state index is 13.9. The number of pyridine rings is 1. The van der Waals surface area contributed by atoms with Crippen LogP contribution in [0.3, 0.4) is 0 Å². The molecule has 0 bridgehead atoms. The molecule has 1 fully saturated rings. The van der Waals surface area contributed by atoms with Gasteiger partial charge in [-0.25, -0.2) is 9.37 Å². The van der Waals surface area contributed by atoms with Gasteiger partial charge in [0.1, 0.15) is 17.0 Å². The van der Waals surface area contributed by atoms with Crippen LogP contribution in [0.1, 0.15) is 12.1 Å². The fourth-order valence-electron chi connectivity index (χ4n) is 2.77. The van der Waals surface area contributed by atoms with Crippen molar-refractivity contribution < 1.29 is 22.9 Å². The molecule has 118 valence electrons. The summed E-state index contributed by atoms with van der Waals surface area (Å²) in [4.78, 5) is 5.38. The Morgan fingerprint density at radius 2 is 1.95 bits per heavy atom. The van der Waals surface area contributed by atoms with Gasteiger partial charge in [-0.15, -0.1) is 0 Å². The first-order valence-electron chi connectivity index (χ1n) is 7.20. The average Bonchev–Trinajstić information content (AvgIpc) is 2.75. The van der Waals surface area contributed by atoms with Crippen LogP contribution in [-0.2, 0) is 6.18 Å². The predicted molar refractivity (Wildman–Crippen MR) is 75.2 cm³/mol. The summed E-state index contributed by atoms with van der Waals surface area (Å²) >= 11 is 0. The summed E-state index contributed by atoms with van der Waals surface area (Å²) in [5, 5.41) is 2.56. The summed E-state index contributed by atoms with van der Waals surface area (Å²) in [6.45, 7) is 3.04. The Labute approximate surface area is 124 Å². The minimum absolute atomic E-state index is 0.222. The number of anilines is 1. The quantitative estimate of drug-likeness (QED) is 0.818. The smallest absolute Gasteiger partial charge is 0.365 e. The number of hydrogen-bond donors (Lipinski definition) is 1. The topological polar surface area (TPSA) is 32.7 Å². The lowest BCUT2D eigenvalue weighted by atomic mass is 10.1. The van der Waals surface area contributed by atoms with E-state index in [9.17, 15) is 17.6 Å². The van der Waals surface area contributed by atoms with Crippen LogP contribution in [0, 0.1) is 5.82 Å². The van der Waals surface area contributed by atoms with Crippen LogP contribution in [0.2, 0.25) is 0 Å². The second kappa shape index (κ2) is 5.72. The van der Waals surface area contributed by atoms with E-state index < -0.39 is 17.7 Å². The number of nitrogens with two attached hydrogens (primary N) is 1. The zero-order valence-electron chi connectivity index (χ0n) is 11.8. The molecule has 3 rings (SSSR count). The molecular weight excluding hydrogens is 298 g/mol. The molecule has 0 aliphatic carbocycles. The largest absolute Gasteiger partial charge is 0.433 e. The van der Waals surface area contributed by atoms with Crippen LogP contribution in [0.25, 0.3) is 10.9 Å². The van der Waals surface area contributed by atoms with Gasteiger partial charge in [0, 0.05) is 24.0 Å². The number of quaternary nitrogens is 1. The van der Waals surface area contributed by atoms with Crippen LogP contribution in [0.15, 0.2) is 24.3 Å². The highest BCUT2D eigenvalue weighted by Gasteiger charge is 2.34. The number of nitrogens with zero attached hydrogens (tertiary/aromatic N) is 2. The highest BCUT2D eigenvalue weighted by Crippen LogP contribution is 2.35. The van der Waals surface area contributed by atoms with Gasteiger partial charge in [-0.3, -0.25) is 0 Å². The molecule has 0 saturated carbocycles. The molecule has 0 atom stereocenters. The molecule has 1 aliphatic rings. The Balaban J connectivity index is 2.19. The van der Waals surface area contributed by atoms with Crippen molar-refractivity contribution in [3.8, 4) is 0 Å². The third-order valence-electron chi connectivity index (χ3n) is 3.84. The molecular formula is C15H16F4N3+. The van der Waals surface area contributed by atoms with Crippen LogP contribution in [0.5, 0.6) is 0 Å². The number of benzene rings is 1. The molecule has 1 aromatic heterocycles. The molecule has 22 heavy (non-hydrogen) atoms. The molecule has 0 unspecified atom stereocenters. The van der Waals surface area contributed by atoms with Crippen molar-refractivity contribution in [1.82, 2.24) is 4.98 Å². The lowest BCUT2D eigenvalue weighted by Gasteiger charge is -2.24. The first-order valence-corrected chi connectivity index (χ1v) is 7.20. The molecule has 3 nitrogen and oxygen atoms in total. The van der Waals surface area contributed by atoms with E-state index in [2.05, 4.69) is 10.3 Å². The van der Waals surface area contributed by atoms with Crippen molar-refractivity contribution in [2.75, 3.05) is 31.1 Å². The molecule has 0 spiro atoms. The average molecular weight is 314 g/mol. The summed E-state index contributed by atoms with van der Waals surface area (Å²) in [5.74, 6) is -0.730. The summed E-state index contributed by atoms with van der Waals surface area (Å²) in [7, 11) is 0. The summed E-state index contributed by atoms with van der Waals surface area (Å²) in [6, 6.07) is 5.29. The number of alkyl halides is 3. The van der Waals surface area contributed by atoms with Gasteiger partial charge in [-0.05, 0) is 12.1 Å². The second-order valence-electron chi connectivity index (χ2n) is 5.37. The fraction of sp³-hybridized carbons (Fsp3) is 0.400. The number of aromatic nitrogens is 1. The van der Waals surface area contributed by atoms with Gasteiger partial charge in [-0.1, -0.05) is 12.1 Å². The number of para-hydroxylation sites is 1. The minimum atomic E-state index is -4.59. The molecule has 1 aromatic carbocycles. The zero-order valence-corrected chi connectivity index (χ0v) is 11.8. The van der Waals surface area contributed by atoms with Crippen molar-refractivity contribution in [2.24, 2.45) is 0 Å². The summed E-state index contributed by atoms with van der Waals surface area (Å²) in [5.41, 5.74) is -0.860. The third kappa shape index (κ3) is 2.85. The van der Waals surface area contributed by atoms with Crippen molar-refractivity contribution >= 4 is 16.6 Å². The van der Waals surface area contributed by atoms with Gasteiger partial charge in [0.25, 0.3) is 0 Å².